The van der Waals surface area contributed by atoms with E-state index >= 15 is 0 Å². The molecular weight excluding hydrogens is 540 g/mol. The minimum atomic E-state index is -4.66. The van der Waals surface area contributed by atoms with E-state index in [0.29, 0.717) is 28.8 Å². The summed E-state index contributed by atoms with van der Waals surface area (Å²) in [4.78, 5) is 35.6. The number of nitrogens with zero attached hydrogens (tertiary/aromatic N) is 2. The molecule has 0 saturated carbocycles. The van der Waals surface area contributed by atoms with Gasteiger partial charge in [0.1, 0.15) is 41.4 Å². The molecule has 0 aromatic heterocycles. The molecule has 0 aliphatic carbocycles. The molecule has 0 spiro atoms. The van der Waals surface area contributed by atoms with E-state index in [0.717, 1.165) is 12.1 Å². The first-order valence-electron chi connectivity index (χ1n) is 11.9. The second kappa shape index (κ2) is 11.9. The number of benzene rings is 3. The SMILES string of the molecule is O=C(NCCOc1ccc(N(c2cccc(C(F)(F)F)c2)[N+](=O)[O-])cc1)C(=O)NCC1Cc2cc(F)ccc2O1. The third kappa shape index (κ3) is 6.95. The summed E-state index contributed by atoms with van der Waals surface area (Å²) >= 11 is 0. The number of rotatable bonds is 9. The second-order valence-electron chi connectivity index (χ2n) is 8.60. The number of ether oxygens (including phenoxy) is 2. The van der Waals surface area contributed by atoms with Gasteiger partial charge < -0.3 is 20.1 Å². The zero-order valence-electron chi connectivity index (χ0n) is 20.6. The van der Waals surface area contributed by atoms with Crippen LogP contribution in [-0.2, 0) is 22.2 Å². The number of carbonyl (C=O) groups is 2. The van der Waals surface area contributed by atoms with E-state index in [1.807, 2.05) is 0 Å². The maximum Gasteiger partial charge on any atom is 0.416 e. The summed E-state index contributed by atoms with van der Waals surface area (Å²) in [6, 6.07) is 13.2. The molecule has 1 aliphatic rings. The van der Waals surface area contributed by atoms with Gasteiger partial charge in [0.25, 0.3) is 0 Å². The quantitative estimate of drug-likeness (QED) is 0.134. The summed E-state index contributed by atoms with van der Waals surface area (Å²) in [6.07, 6.45) is -4.70. The Morgan fingerprint density at radius 1 is 1.02 bits per heavy atom. The Hall–Kier alpha value is -4.88. The van der Waals surface area contributed by atoms with Crippen LogP contribution in [-0.4, -0.2) is 42.6 Å². The predicted octanol–water partition coefficient (Wildman–Crippen LogP) is 3.79. The smallest absolute Gasteiger partial charge is 0.416 e. The molecule has 2 amide bonds. The molecule has 0 saturated heterocycles. The van der Waals surface area contributed by atoms with Gasteiger partial charge in [0.15, 0.2) is 5.03 Å². The van der Waals surface area contributed by atoms with Crippen LogP contribution < -0.4 is 25.1 Å². The molecule has 3 aromatic carbocycles. The Morgan fingerprint density at radius 2 is 1.75 bits per heavy atom. The molecule has 1 heterocycles. The molecule has 10 nitrogen and oxygen atoms in total. The van der Waals surface area contributed by atoms with E-state index in [9.17, 15) is 37.3 Å². The molecule has 210 valence electrons. The highest BCUT2D eigenvalue weighted by atomic mass is 19.4. The Labute approximate surface area is 224 Å². The van der Waals surface area contributed by atoms with Gasteiger partial charge in [-0.05, 0) is 60.7 Å². The first kappa shape index (κ1) is 28.1. The van der Waals surface area contributed by atoms with Crippen LogP contribution in [0.15, 0.2) is 66.7 Å². The van der Waals surface area contributed by atoms with Gasteiger partial charge in [0.05, 0.1) is 18.7 Å². The number of nitrogens with one attached hydrogen (secondary N) is 2. The first-order valence-corrected chi connectivity index (χ1v) is 11.9. The molecule has 40 heavy (non-hydrogen) atoms. The van der Waals surface area contributed by atoms with Crippen LogP contribution in [0, 0.1) is 15.9 Å². The van der Waals surface area contributed by atoms with Crippen molar-refractivity contribution < 1.29 is 41.7 Å². The molecule has 14 heteroatoms. The highest BCUT2D eigenvalue weighted by molar-refractivity contribution is 6.35. The zero-order valence-corrected chi connectivity index (χ0v) is 20.6. The van der Waals surface area contributed by atoms with Crippen LogP contribution in [0.25, 0.3) is 0 Å². The number of amides is 2. The number of nitro groups is 1. The van der Waals surface area contributed by atoms with Crippen LogP contribution in [0.4, 0.5) is 28.9 Å². The van der Waals surface area contributed by atoms with E-state index in [4.69, 9.17) is 9.47 Å². The number of alkyl halides is 3. The van der Waals surface area contributed by atoms with Crippen LogP contribution in [0.3, 0.4) is 0 Å². The molecule has 0 radical (unpaired) electrons. The van der Waals surface area contributed by atoms with Gasteiger partial charge in [-0.15, -0.1) is 0 Å². The third-order valence-corrected chi connectivity index (χ3v) is 5.78. The zero-order chi connectivity index (χ0) is 28.9. The normalized spacial score (nSPS) is 14.1. The lowest BCUT2D eigenvalue weighted by molar-refractivity contribution is -0.483. The molecule has 2 N–H and O–H groups in total. The van der Waals surface area contributed by atoms with Gasteiger partial charge in [0.2, 0.25) is 0 Å². The number of hydrazine groups is 1. The topological polar surface area (TPSA) is 123 Å². The fourth-order valence-electron chi connectivity index (χ4n) is 3.94. The Morgan fingerprint density at radius 3 is 2.45 bits per heavy atom. The summed E-state index contributed by atoms with van der Waals surface area (Å²) < 4.78 is 63.4. The molecule has 1 unspecified atom stereocenters. The lowest BCUT2D eigenvalue weighted by atomic mass is 10.1. The number of fused-ring (bicyclic) bond motifs is 1. The number of hydrogen-bond donors (Lipinski definition) is 2. The summed E-state index contributed by atoms with van der Waals surface area (Å²) in [5.74, 6) is -1.38. The van der Waals surface area contributed by atoms with E-state index < -0.39 is 40.5 Å². The first-order chi connectivity index (χ1) is 19.0. The molecule has 4 rings (SSSR count). The van der Waals surface area contributed by atoms with Gasteiger partial charge in [-0.3, -0.25) is 9.59 Å². The van der Waals surface area contributed by atoms with Crippen LogP contribution in [0.2, 0.25) is 0 Å². The molecule has 0 bridgehead atoms. The van der Waals surface area contributed by atoms with Crippen molar-refractivity contribution in [2.24, 2.45) is 0 Å². The third-order valence-electron chi connectivity index (χ3n) is 5.78. The fourth-order valence-corrected chi connectivity index (χ4v) is 3.94. The highest BCUT2D eigenvalue weighted by Gasteiger charge is 2.32. The standard InChI is InChI=1S/C26H22F4N4O6/c27-18-4-9-23-16(12-18)13-22(40-23)15-32-25(36)24(35)31-10-11-39-21-7-5-19(6-8-21)33(34(37)38)20-3-1-2-17(14-20)26(28,29)30/h1-9,12,14,22H,10-11,13,15H2,(H,31,35)(H,32,36). The van der Waals surface area contributed by atoms with Crippen LogP contribution in [0.5, 0.6) is 11.5 Å². The van der Waals surface area contributed by atoms with Crippen molar-refractivity contribution in [2.45, 2.75) is 18.7 Å². The Kier molecular flexibility index (Phi) is 8.36. The highest BCUT2D eigenvalue weighted by Crippen LogP contribution is 2.34. The van der Waals surface area contributed by atoms with Crippen molar-refractivity contribution in [3.05, 3.63) is 93.8 Å². The number of carbonyl (C=O) groups excluding carboxylic acids is 2. The van der Waals surface area contributed by atoms with E-state index in [1.54, 1.807) is 0 Å². The van der Waals surface area contributed by atoms with Gasteiger partial charge >= 0.3 is 18.0 Å². The molecular formula is C26H22F4N4O6. The van der Waals surface area contributed by atoms with E-state index in [-0.39, 0.29) is 36.8 Å². The lowest BCUT2D eigenvalue weighted by Gasteiger charge is -2.16. The molecule has 1 aliphatic heterocycles. The van der Waals surface area contributed by atoms with E-state index in [1.165, 1.54) is 48.5 Å². The minimum Gasteiger partial charge on any atom is -0.492 e. The second-order valence-corrected chi connectivity index (χ2v) is 8.60. The molecule has 0 fully saturated rings. The number of anilines is 2. The van der Waals surface area contributed by atoms with Crippen molar-refractivity contribution in [3.8, 4) is 11.5 Å². The maximum atomic E-state index is 13.3. The average Bonchev–Trinajstić information content (AvgIpc) is 3.32. The number of hydrogen-bond acceptors (Lipinski definition) is 6. The minimum absolute atomic E-state index is 0.0129. The van der Waals surface area contributed by atoms with Crippen LogP contribution >= 0.6 is 0 Å². The van der Waals surface area contributed by atoms with Gasteiger partial charge in [-0.2, -0.15) is 13.2 Å². The Bertz CT molecular complexity index is 1400. The average molecular weight is 562 g/mol. The predicted molar refractivity (Wildman–Crippen MR) is 133 cm³/mol. The van der Waals surface area contributed by atoms with Gasteiger partial charge in [-0.25, -0.2) is 14.5 Å². The van der Waals surface area contributed by atoms with Crippen LogP contribution in [0.1, 0.15) is 11.1 Å². The van der Waals surface area contributed by atoms with Crippen molar-refractivity contribution in [1.82, 2.24) is 10.6 Å². The van der Waals surface area contributed by atoms with Crippen molar-refractivity contribution in [3.63, 3.8) is 0 Å². The fraction of sp³-hybridized carbons (Fsp3) is 0.231. The number of halogens is 4. The maximum absolute atomic E-state index is 13.3. The van der Waals surface area contributed by atoms with Crippen molar-refractivity contribution >= 4 is 23.2 Å². The van der Waals surface area contributed by atoms with Gasteiger partial charge in [-0.1, -0.05) is 11.1 Å². The van der Waals surface area contributed by atoms with E-state index in [2.05, 4.69) is 10.6 Å². The largest absolute Gasteiger partial charge is 0.492 e. The monoisotopic (exact) mass is 562 g/mol. The van der Waals surface area contributed by atoms with Gasteiger partial charge in [0, 0.05) is 12.0 Å². The van der Waals surface area contributed by atoms with Crippen molar-refractivity contribution in [1.29, 1.82) is 0 Å². The lowest BCUT2D eigenvalue weighted by Crippen LogP contribution is -2.44. The molecule has 3 aromatic rings. The summed E-state index contributed by atoms with van der Waals surface area (Å²) in [5.41, 5.74) is -0.647. The summed E-state index contributed by atoms with van der Waals surface area (Å²) in [7, 11) is 0. The Balaban J connectivity index is 1.22. The summed E-state index contributed by atoms with van der Waals surface area (Å²) in [5, 5.41) is 16.1. The molecule has 1 atom stereocenters. The summed E-state index contributed by atoms with van der Waals surface area (Å²) in [6.45, 7) is -0.0332. The van der Waals surface area contributed by atoms with Crippen molar-refractivity contribution in [2.75, 3.05) is 24.7 Å².